The molecule has 1 amide bonds. The first kappa shape index (κ1) is 17.6. The molecule has 1 spiro atoms. The summed E-state index contributed by atoms with van der Waals surface area (Å²) in [5, 5.41) is 8.78. The molecule has 6 heteroatoms. The maximum atomic E-state index is 11.6. The summed E-state index contributed by atoms with van der Waals surface area (Å²) < 4.78 is 0. The molecule has 2 N–H and O–H groups in total. The van der Waals surface area contributed by atoms with Gasteiger partial charge in [0.25, 0.3) is 5.91 Å². The van der Waals surface area contributed by atoms with E-state index in [0.717, 1.165) is 42.7 Å². The van der Waals surface area contributed by atoms with Crippen molar-refractivity contribution in [3.63, 3.8) is 0 Å². The molecule has 1 aromatic heterocycles. The Kier molecular flexibility index (Phi) is 4.45. The quantitative estimate of drug-likeness (QED) is 0.628. The van der Waals surface area contributed by atoms with Crippen molar-refractivity contribution in [2.24, 2.45) is 11.3 Å². The van der Waals surface area contributed by atoms with Crippen LogP contribution < -0.4 is 5.48 Å². The summed E-state index contributed by atoms with van der Waals surface area (Å²) in [6, 6.07) is 2.82. The topological polar surface area (TPSA) is 68.7 Å². The summed E-state index contributed by atoms with van der Waals surface area (Å²) in [6.45, 7) is 5.84. The van der Waals surface area contributed by atoms with Crippen LogP contribution in [-0.4, -0.2) is 58.1 Å². The fourth-order valence-electron chi connectivity index (χ4n) is 5.48. The lowest BCUT2D eigenvalue weighted by Crippen LogP contribution is -2.58. The van der Waals surface area contributed by atoms with Crippen molar-refractivity contribution < 1.29 is 10.0 Å². The summed E-state index contributed by atoms with van der Waals surface area (Å²) in [6.07, 6.45) is 11.0. The van der Waals surface area contributed by atoms with Gasteiger partial charge in [0, 0.05) is 45.0 Å². The Morgan fingerprint density at radius 2 is 2.04 bits per heavy atom. The Labute approximate surface area is 160 Å². The Hall–Kier alpha value is -1.50. The van der Waals surface area contributed by atoms with Crippen LogP contribution in [0.15, 0.2) is 12.3 Å². The number of fused-ring (bicyclic) bond motifs is 1. The first-order valence-electron chi connectivity index (χ1n) is 10.5. The van der Waals surface area contributed by atoms with Crippen LogP contribution in [0.5, 0.6) is 0 Å². The summed E-state index contributed by atoms with van der Waals surface area (Å²) in [4.78, 5) is 21.3. The molecular weight excluding hydrogens is 340 g/mol. The van der Waals surface area contributed by atoms with Crippen LogP contribution in [0.25, 0.3) is 0 Å². The third kappa shape index (κ3) is 3.50. The predicted octanol–water partition coefficient (Wildman–Crippen LogP) is 2.21. The van der Waals surface area contributed by atoms with Crippen molar-refractivity contribution in [2.75, 3.05) is 26.2 Å². The van der Waals surface area contributed by atoms with Crippen LogP contribution in [0.4, 0.5) is 0 Å². The Morgan fingerprint density at radius 1 is 1.26 bits per heavy atom. The van der Waals surface area contributed by atoms with Crippen LogP contribution in [0.2, 0.25) is 0 Å². The summed E-state index contributed by atoms with van der Waals surface area (Å²) in [7, 11) is 0. The fourth-order valence-corrected chi connectivity index (χ4v) is 5.48. The molecule has 3 heterocycles. The van der Waals surface area contributed by atoms with Gasteiger partial charge in [-0.3, -0.25) is 24.8 Å². The van der Waals surface area contributed by atoms with E-state index in [1.54, 1.807) is 11.7 Å². The van der Waals surface area contributed by atoms with Gasteiger partial charge in [-0.25, -0.2) is 5.48 Å². The van der Waals surface area contributed by atoms with E-state index in [4.69, 9.17) is 5.21 Å². The highest BCUT2D eigenvalue weighted by molar-refractivity contribution is 5.93. The Bertz CT molecular complexity index is 717. The second-order valence-electron chi connectivity index (χ2n) is 9.34. The molecule has 4 aliphatic rings. The minimum atomic E-state index is -0.486. The molecular formula is C21H30N4O2. The number of hydrogen-bond donors (Lipinski definition) is 2. The van der Waals surface area contributed by atoms with Gasteiger partial charge in [-0.2, -0.15) is 0 Å². The normalized spacial score (nSPS) is 25.8. The van der Waals surface area contributed by atoms with Gasteiger partial charge in [-0.1, -0.05) is 0 Å². The molecule has 0 unspecified atom stereocenters. The van der Waals surface area contributed by atoms with E-state index in [1.807, 2.05) is 6.07 Å². The third-order valence-electron chi connectivity index (χ3n) is 7.32. The third-order valence-corrected chi connectivity index (χ3v) is 7.32. The molecule has 0 radical (unpaired) electrons. The second-order valence-corrected chi connectivity index (χ2v) is 9.34. The van der Waals surface area contributed by atoms with E-state index in [0.29, 0.717) is 11.0 Å². The van der Waals surface area contributed by atoms with E-state index in [-0.39, 0.29) is 0 Å². The zero-order valence-corrected chi connectivity index (χ0v) is 16.0. The molecule has 27 heavy (non-hydrogen) atoms. The summed E-state index contributed by atoms with van der Waals surface area (Å²) in [5.74, 6) is 0.340. The number of hydrogen-bond acceptors (Lipinski definition) is 5. The van der Waals surface area contributed by atoms with E-state index in [1.165, 1.54) is 58.2 Å². The van der Waals surface area contributed by atoms with Crippen LogP contribution >= 0.6 is 0 Å². The lowest BCUT2D eigenvalue weighted by atomic mass is 9.65. The molecule has 5 rings (SSSR count). The van der Waals surface area contributed by atoms with Crippen molar-refractivity contribution in [2.45, 2.75) is 57.5 Å². The van der Waals surface area contributed by atoms with Gasteiger partial charge in [-0.15, -0.1) is 0 Å². The lowest BCUT2D eigenvalue weighted by Gasteiger charge is -2.54. The molecule has 6 nitrogen and oxygen atoms in total. The zero-order chi connectivity index (χ0) is 18.4. The highest BCUT2D eigenvalue weighted by atomic mass is 16.5. The SMILES string of the molecule is O=C(NO)c1cnc2c(c1)CCN(CC1CCC3(CC1)CN(C1CC1)C3)C2. The average molecular weight is 370 g/mol. The van der Waals surface area contributed by atoms with Crippen LogP contribution in [0.3, 0.4) is 0 Å². The molecule has 0 atom stereocenters. The Morgan fingerprint density at radius 3 is 2.74 bits per heavy atom. The fraction of sp³-hybridized carbons (Fsp3) is 0.714. The van der Waals surface area contributed by atoms with Crippen molar-refractivity contribution in [1.82, 2.24) is 20.3 Å². The van der Waals surface area contributed by atoms with E-state index < -0.39 is 5.91 Å². The highest BCUT2D eigenvalue weighted by Crippen LogP contribution is 2.49. The van der Waals surface area contributed by atoms with Gasteiger partial charge < -0.3 is 0 Å². The van der Waals surface area contributed by atoms with Gasteiger partial charge in [0.05, 0.1) is 11.3 Å². The van der Waals surface area contributed by atoms with Gasteiger partial charge >= 0.3 is 0 Å². The molecule has 0 aromatic carbocycles. The number of likely N-dealkylation sites (tertiary alicyclic amines) is 1. The number of hydroxylamine groups is 1. The number of nitrogens with one attached hydrogen (secondary N) is 1. The lowest BCUT2D eigenvalue weighted by molar-refractivity contribution is -0.0461. The zero-order valence-electron chi connectivity index (χ0n) is 16.0. The predicted molar refractivity (Wildman–Crippen MR) is 101 cm³/mol. The maximum absolute atomic E-state index is 11.6. The molecule has 2 saturated carbocycles. The Balaban J connectivity index is 1.13. The van der Waals surface area contributed by atoms with Crippen LogP contribution in [-0.2, 0) is 13.0 Å². The molecule has 1 saturated heterocycles. The smallest absolute Gasteiger partial charge is 0.276 e. The molecule has 2 aliphatic heterocycles. The summed E-state index contributed by atoms with van der Waals surface area (Å²) >= 11 is 0. The highest BCUT2D eigenvalue weighted by Gasteiger charge is 2.49. The number of aromatic nitrogens is 1. The van der Waals surface area contributed by atoms with Crippen molar-refractivity contribution >= 4 is 5.91 Å². The maximum Gasteiger partial charge on any atom is 0.276 e. The van der Waals surface area contributed by atoms with E-state index in [2.05, 4.69) is 14.8 Å². The summed E-state index contributed by atoms with van der Waals surface area (Å²) in [5.41, 5.74) is 5.01. The van der Waals surface area contributed by atoms with Gasteiger partial charge in [-0.05, 0) is 67.9 Å². The van der Waals surface area contributed by atoms with E-state index >= 15 is 0 Å². The number of carbonyl (C=O) groups excluding carboxylic acids is 1. The van der Waals surface area contributed by atoms with Crippen LogP contribution in [0, 0.1) is 11.3 Å². The largest absolute Gasteiger partial charge is 0.299 e. The second kappa shape index (κ2) is 6.83. The number of amides is 1. The van der Waals surface area contributed by atoms with Crippen molar-refractivity contribution in [1.29, 1.82) is 0 Å². The first-order valence-corrected chi connectivity index (χ1v) is 10.5. The van der Waals surface area contributed by atoms with E-state index in [9.17, 15) is 4.79 Å². The molecule has 2 aliphatic carbocycles. The van der Waals surface area contributed by atoms with Gasteiger partial charge in [0.1, 0.15) is 0 Å². The minimum Gasteiger partial charge on any atom is -0.299 e. The molecule has 0 bridgehead atoms. The standard InChI is InChI=1S/C21H30N4O2/c26-20(23-27)17-9-16-5-8-24(12-19(16)22-10-17)11-15-3-6-21(7-4-15)13-25(14-21)18-1-2-18/h9-10,15,18,27H,1-8,11-14H2,(H,23,26). The van der Waals surface area contributed by atoms with Crippen molar-refractivity contribution in [3.05, 3.63) is 29.1 Å². The molecule has 3 fully saturated rings. The first-order chi connectivity index (χ1) is 13.1. The molecule has 146 valence electrons. The number of rotatable bonds is 4. The number of nitrogens with zero attached hydrogens (tertiary/aromatic N) is 3. The average Bonchev–Trinajstić information content (AvgIpc) is 3.51. The number of carbonyl (C=O) groups is 1. The molecule has 1 aromatic rings. The number of pyridine rings is 1. The minimum absolute atomic E-state index is 0.433. The monoisotopic (exact) mass is 370 g/mol. The van der Waals surface area contributed by atoms with Gasteiger partial charge in [0.15, 0.2) is 0 Å². The van der Waals surface area contributed by atoms with Gasteiger partial charge in [0.2, 0.25) is 0 Å². The van der Waals surface area contributed by atoms with Crippen LogP contribution in [0.1, 0.15) is 60.1 Å². The van der Waals surface area contributed by atoms with Crippen molar-refractivity contribution in [3.8, 4) is 0 Å².